The van der Waals surface area contributed by atoms with Crippen LogP contribution in [0, 0.1) is 0 Å². The van der Waals surface area contributed by atoms with Gasteiger partial charge in [0.2, 0.25) is 0 Å². The third kappa shape index (κ3) is 33.0. The van der Waals surface area contributed by atoms with Crippen molar-refractivity contribution >= 4 is 11.9 Å². The number of rotatable bonds is 36. The third-order valence-electron chi connectivity index (χ3n) is 9.12. The molecule has 51 heavy (non-hydrogen) atoms. The Bertz CT molecular complexity index is 998. The third-order valence-corrected chi connectivity index (χ3v) is 9.12. The van der Waals surface area contributed by atoms with Crippen LogP contribution in [-0.2, 0) is 30.4 Å². The zero-order chi connectivity index (χ0) is 36.7. The van der Waals surface area contributed by atoms with E-state index in [-0.39, 0.29) is 25.2 Å². The van der Waals surface area contributed by atoms with E-state index in [2.05, 4.69) is 50.3 Å². The minimum Gasteiger partial charge on any atom is -0.462 e. The van der Waals surface area contributed by atoms with Gasteiger partial charge in [-0.05, 0) is 76.2 Å². The van der Waals surface area contributed by atoms with Gasteiger partial charge in [0.1, 0.15) is 6.61 Å². The number of ether oxygens (including phenoxy) is 3. The SMILES string of the molecule is CCCCCC=CCC=CCCCCCCCC(=O)OCC(COCc1ccccc1)OC(=O)CCCCCCCC=CCCCCCCCC. The van der Waals surface area contributed by atoms with Crippen molar-refractivity contribution in [2.24, 2.45) is 0 Å². The molecule has 1 aromatic carbocycles. The van der Waals surface area contributed by atoms with E-state index < -0.39 is 6.10 Å². The van der Waals surface area contributed by atoms with Gasteiger partial charge in [-0.1, -0.05) is 164 Å². The molecule has 0 bridgehead atoms. The zero-order valence-corrected chi connectivity index (χ0v) is 33.0. The first-order valence-corrected chi connectivity index (χ1v) is 21.1. The Kier molecular flexibility index (Phi) is 33.7. The van der Waals surface area contributed by atoms with Crippen LogP contribution in [0.25, 0.3) is 0 Å². The summed E-state index contributed by atoms with van der Waals surface area (Å²) in [6.45, 7) is 5.16. The van der Waals surface area contributed by atoms with E-state index in [0.717, 1.165) is 63.4 Å². The maximum atomic E-state index is 12.7. The summed E-state index contributed by atoms with van der Waals surface area (Å²) in [5, 5.41) is 0. The predicted octanol–water partition coefficient (Wildman–Crippen LogP) is 13.5. The van der Waals surface area contributed by atoms with E-state index in [1.54, 1.807) is 0 Å². The molecule has 0 saturated carbocycles. The quantitative estimate of drug-likeness (QED) is 0.0394. The highest BCUT2D eigenvalue weighted by Gasteiger charge is 2.17. The fraction of sp³-hybridized carbons (Fsp3) is 0.696. The van der Waals surface area contributed by atoms with Gasteiger partial charge in [-0.3, -0.25) is 9.59 Å². The number of carbonyl (C=O) groups is 2. The van der Waals surface area contributed by atoms with Crippen molar-refractivity contribution in [3.05, 3.63) is 72.4 Å². The average molecular weight is 709 g/mol. The van der Waals surface area contributed by atoms with E-state index in [1.165, 1.54) is 96.3 Å². The van der Waals surface area contributed by atoms with Crippen molar-refractivity contribution in [3.63, 3.8) is 0 Å². The second-order valence-electron chi connectivity index (χ2n) is 14.1. The van der Waals surface area contributed by atoms with Crippen LogP contribution in [0.4, 0.5) is 0 Å². The van der Waals surface area contributed by atoms with Crippen molar-refractivity contribution in [2.75, 3.05) is 13.2 Å². The van der Waals surface area contributed by atoms with Crippen molar-refractivity contribution in [3.8, 4) is 0 Å². The molecule has 1 aromatic rings. The monoisotopic (exact) mass is 709 g/mol. The van der Waals surface area contributed by atoms with Crippen LogP contribution >= 0.6 is 0 Å². The molecule has 1 atom stereocenters. The van der Waals surface area contributed by atoms with E-state index >= 15 is 0 Å². The Morgan fingerprint density at radius 1 is 0.529 bits per heavy atom. The summed E-state index contributed by atoms with van der Waals surface area (Å²) in [4.78, 5) is 25.1. The van der Waals surface area contributed by atoms with Gasteiger partial charge in [0.25, 0.3) is 0 Å². The molecule has 0 aliphatic heterocycles. The van der Waals surface area contributed by atoms with Gasteiger partial charge in [-0.15, -0.1) is 0 Å². The molecule has 0 N–H and O–H groups in total. The number of benzene rings is 1. The number of esters is 2. The van der Waals surface area contributed by atoms with Crippen molar-refractivity contribution in [1.82, 2.24) is 0 Å². The highest BCUT2D eigenvalue weighted by molar-refractivity contribution is 5.70. The lowest BCUT2D eigenvalue weighted by Gasteiger charge is -2.18. The molecule has 0 radical (unpaired) electrons. The number of hydrogen-bond acceptors (Lipinski definition) is 5. The molecule has 290 valence electrons. The van der Waals surface area contributed by atoms with Crippen LogP contribution in [0.5, 0.6) is 0 Å². The summed E-state index contributed by atoms with van der Waals surface area (Å²) in [7, 11) is 0. The van der Waals surface area contributed by atoms with Crippen molar-refractivity contribution in [1.29, 1.82) is 0 Å². The molecule has 0 fully saturated rings. The van der Waals surface area contributed by atoms with Gasteiger partial charge in [0.15, 0.2) is 6.10 Å². The Balaban J connectivity index is 2.19. The van der Waals surface area contributed by atoms with E-state index in [4.69, 9.17) is 14.2 Å². The van der Waals surface area contributed by atoms with Gasteiger partial charge in [-0.25, -0.2) is 0 Å². The Labute approximate surface area is 314 Å². The lowest BCUT2D eigenvalue weighted by Crippen LogP contribution is -2.29. The summed E-state index contributed by atoms with van der Waals surface area (Å²) >= 11 is 0. The molecular formula is C46H76O5. The molecule has 0 saturated heterocycles. The van der Waals surface area contributed by atoms with Gasteiger partial charge in [0, 0.05) is 12.8 Å². The minimum atomic E-state index is -0.599. The van der Waals surface area contributed by atoms with Gasteiger partial charge in [0.05, 0.1) is 13.2 Å². The van der Waals surface area contributed by atoms with Crippen molar-refractivity contribution < 1.29 is 23.8 Å². The summed E-state index contributed by atoms with van der Waals surface area (Å²) in [6, 6.07) is 9.91. The van der Waals surface area contributed by atoms with Gasteiger partial charge in [-0.2, -0.15) is 0 Å². The highest BCUT2D eigenvalue weighted by Crippen LogP contribution is 2.13. The second kappa shape index (κ2) is 37.1. The fourth-order valence-electron chi connectivity index (χ4n) is 5.92. The van der Waals surface area contributed by atoms with E-state index in [0.29, 0.717) is 19.4 Å². The first-order chi connectivity index (χ1) is 25.2. The largest absolute Gasteiger partial charge is 0.462 e. The summed E-state index contributed by atoms with van der Waals surface area (Å²) < 4.78 is 17.1. The molecule has 0 aliphatic rings. The summed E-state index contributed by atoms with van der Waals surface area (Å²) in [5.41, 5.74) is 1.05. The molecular weight excluding hydrogens is 633 g/mol. The number of allylic oxidation sites excluding steroid dienone is 6. The maximum absolute atomic E-state index is 12.7. The number of carbonyl (C=O) groups excluding carboxylic acids is 2. The molecule has 0 heterocycles. The summed E-state index contributed by atoms with van der Waals surface area (Å²) in [5.74, 6) is -0.479. The van der Waals surface area contributed by atoms with Crippen LogP contribution in [0.3, 0.4) is 0 Å². The predicted molar refractivity (Wildman–Crippen MR) is 216 cm³/mol. The van der Waals surface area contributed by atoms with Crippen LogP contribution in [0.2, 0.25) is 0 Å². The normalized spacial score (nSPS) is 12.4. The van der Waals surface area contributed by atoms with Crippen molar-refractivity contribution in [2.45, 2.75) is 193 Å². The van der Waals surface area contributed by atoms with Crippen LogP contribution in [0.15, 0.2) is 66.8 Å². The average Bonchev–Trinajstić information content (AvgIpc) is 3.14. The highest BCUT2D eigenvalue weighted by atomic mass is 16.6. The molecule has 1 unspecified atom stereocenters. The Morgan fingerprint density at radius 3 is 1.55 bits per heavy atom. The topological polar surface area (TPSA) is 61.8 Å². The lowest BCUT2D eigenvalue weighted by atomic mass is 10.1. The maximum Gasteiger partial charge on any atom is 0.306 e. The minimum absolute atomic E-state index is 0.0337. The van der Waals surface area contributed by atoms with E-state index in [9.17, 15) is 9.59 Å². The Morgan fingerprint density at radius 2 is 0.980 bits per heavy atom. The van der Waals surface area contributed by atoms with Gasteiger partial charge >= 0.3 is 11.9 Å². The molecule has 0 aliphatic carbocycles. The Hall–Kier alpha value is -2.66. The standard InChI is InChI=1S/C46H76O5/c1-3-5-7-9-11-13-15-17-19-21-23-25-27-29-34-38-45(47)50-42-44(41-49-40-43-36-32-31-33-37-43)51-46(48)39-35-30-28-26-24-22-20-18-16-14-12-10-8-6-4-2/h11,13,17-20,31-33,36-37,44H,3-10,12,14-16,21-30,34-35,38-42H2,1-2H3. The van der Waals surface area contributed by atoms with Gasteiger partial charge < -0.3 is 14.2 Å². The van der Waals surface area contributed by atoms with Crippen LogP contribution < -0.4 is 0 Å². The first kappa shape index (κ1) is 46.4. The van der Waals surface area contributed by atoms with E-state index in [1.807, 2.05) is 30.3 Å². The number of unbranched alkanes of at least 4 members (excludes halogenated alkanes) is 19. The zero-order valence-electron chi connectivity index (χ0n) is 33.0. The van der Waals surface area contributed by atoms with Crippen LogP contribution in [-0.4, -0.2) is 31.3 Å². The summed E-state index contributed by atoms with van der Waals surface area (Å²) in [6.07, 6.45) is 42.4. The molecule has 1 rings (SSSR count). The van der Waals surface area contributed by atoms with Crippen LogP contribution in [0.1, 0.15) is 186 Å². The number of hydrogen-bond donors (Lipinski definition) is 0. The lowest BCUT2D eigenvalue weighted by molar-refractivity contribution is -0.163. The molecule has 0 amide bonds. The molecule has 0 spiro atoms. The smallest absolute Gasteiger partial charge is 0.306 e. The first-order valence-electron chi connectivity index (χ1n) is 21.1. The second-order valence-corrected chi connectivity index (χ2v) is 14.1. The molecule has 0 aromatic heterocycles. The molecule has 5 nitrogen and oxygen atoms in total. The molecule has 5 heteroatoms. The fourth-order valence-corrected chi connectivity index (χ4v) is 5.92.